The molecule has 0 spiro atoms. The lowest BCUT2D eigenvalue weighted by Crippen LogP contribution is -2.46. The van der Waals surface area contributed by atoms with Crippen LogP contribution in [0.1, 0.15) is 133 Å². The van der Waals surface area contributed by atoms with Crippen molar-refractivity contribution in [2.24, 2.45) is 0 Å². The van der Waals surface area contributed by atoms with Crippen molar-refractivity contribution in [3.8, 4) is 34.0 Å². The lowest BCUT2D eigenvalue weighted by molar-refractivity contribution is -0.146. The van der Waals surface area contributed by atoms with Gasteiger partial charge in [0.2, 0.25) is 5.91 Å². The van der Waals surface area contributed by atoms with Gasteiger partial charge in [-0.2, -0.15) is 25.4 Å². The molecular weight excluding hydrogens is 1190 g/mol. The van der Waals surface area contributed by atoms with Crippen LogP contribution in [-0.4, -0.2) is 173 Å². The van der Waals surface area contributed by atoms with Crippen molar-refractivity contribution < 1.29 is 60.2 Å². The number of carboxylic acids is 1. The highest BCUT2D eigenvalue weighted by Crippen LogP contribution is 2.49. The summed E-state index contributed by atoms with van der Waals surface area (Å²) in [5.74, 6) is -1.77. The Morgan fingerprint density at radius 2 is 0.911 bits per heavy atom. The van der Waals surface area contributed by atoms with Gasteiger partial charge in [-0.15, -0.1) is 0 Å². The summed E-state index contributed by atoms with van der Waals surface area (Å²) in [6.45, 7) is 3.46. The quantitative estimate of drug-likeness (QED) is 0.0823. The molecule has 2 aromatic heterocycles. The Balaban J connectivity index is 0.000000214. The van der Waals surface area contributed by atoms with E-state index >= 15 is 0 Å². The number of hydrogen-bond donors (Lipinski definition) is 3. The van der Waals surface area contributed by atoms with E-state index in [1.807, 2.05) is 59.2 Å². The van der Waals surface area contributed by atoms with Gasteiger partial charge in [-0.1, -0.05) is 50.7 Å². The van der Waals surface area contributed by atoms with E-state index in [0.29, 0.717) is 28.2 Å². The minimum Gasteiger partial charge on any atom is -0.497 e. The van der Waals surface area contributed by atoms with Crippen LogP contribution in [0.2, 0.25) is 0 Å². The SMILES string of the molecule is COc1ccc2c(c1)C=C(C(=O)N(C)[C@H](C)C(=O)N(C)C)Cn1c-2c(C2CCCCC2)c2ccc(C(=O)NS(=O)(=O)N(C)C)cc21.COc1ccc2c(c1)C=C(C(=O)N(C)[C@H](C)C(=O)O)Cn1c-2c(C2CCCCC2)c2ccc(C(=O)NS(=O)(=O)N(C)C)cc21. The van der Waals surface area contributed by atoms with E-state index in [4.69, 9.17) is 9.47 Å². The van der Waals surface area contributed by atoms with Crippen LogP contribution in [0.15, 0.2) is 83.9 Å². The molecule has 0 radical (unpaired) electrons. The van der Waals surface area contributed by atoms with Gasteiger partial charge in [0, 0.05) is 112 Å². The monoisotopic (exact) mass is 1270 g/mol. The first-order chi connectivity index (χ1) is 42.6. The molecule has 3 N–H and O–H groups in total. The van der Waals surface area contributed by atoms with Crippen molar-refractivity contribution in [1.82, 2.24) is 41.9 Å². The lowest BCUT2D eigenvalue weighted by Gasteiger charge is -2.27. The Morgan fingerprint density at radius 3 is 1.26 bits per heavy atom. The molecule has 10 rings (SSSR count). The second-order valence-corrected chi connectivity index (χ2v) is 28.0. The van der Waals surface area contributed by atoms with Gasteiger partial charge in [-0.3, -0.25) is 24.0 Å². The van der Waals surface area contributed by atoms with E-state index < -0.39 is 56.2 Å². The molecule has 2 saturated carbocycles. The number of nitrogens with one attached hydrogen (secondary N) is 2. The van der Waals surface area contributed by atoms with E-state index in [9.17, 15) is 50.7 Å². The number of aromatic nitrogens is 2. The molecule has 0 saturated heterocycles. The van der Waals surface area contributed by atoms with Crippen molar-refractivity contribution in [1.29, 1.82) is 0 Å². The van der Waals surface area contributed by atoms with Gasteiger partial charge in [0.05, 0.1) is 38.7 Å². The van der Waals surface area contributed by atoms with E-state index in [0.717, 1.165) is 122 Å². The number of methoxy groups -OCH3 is 2. The third kappa shape index (κ3) is 13.1. The maximum absolute atomic E-state index is 14.1. The van der Waals surface area contributed by atoms with Crippen LogP contribution in [0, 0.1) is 0 Å². The zero-order chi connectivity index (χ0) is 65.4. The van der Waals surface area contributed by atoms with Crippen LogP contribution in [0.5, 0.6) is 11.5 Å². The summed E-state index contributed by atoms with van der Waals surface area (Å²) in [6, 6.07) is 20.2. The minimum absolute atomic E-state index is 0.117. The summed E-state index contributed by atoms with van der Waals surface area (Å²) in [7, 11) is 6.94. The van der Waals surface area contributed by atoms with Gasteiger partial charge < -0.3 is 38.4 Å². The number of benzene rings is 4. The zero-order valence-electron chi connectivity index (χ0n) is 53.2. The first-order valence-electron chi connectivity index (χ1n) is 30.2. The number of amides is 5. The fourth-order valence-corrected chi connectivity index (χ4v) is 13.7. The number of carbonyl (C=O) groups excluding carboxylic acids is 5. The fraction of sp³-hybridized carbons (Fsp3) is 0.424. The molecule has 2 atom stereocenters. The molecule has 2 aliphatic carbocycles. The van der Waals surface area contributed by atoms with Crippen molar-refractivity contribution >= 4 is 89.9 Å². The number of carbonyl (C=O) groups is 6. The van der Waals surface area contributed by atoms with Gasteiger partial charge in [0.15, 0.2) is 0 Å². The largest absolute Gasteiger partial charge is 0.497 e. The number of fused-ring (bicyclic) bond motifs is 10. The molecule has 2 fully saturated rings. The molecule has 90 heavy (non-hydrogen) atoms. The molecule has 4 aliphatic rings. The summed E-state index contributed by atoms with van der Waals surface area (Å²) in [4.78, 5) is 83.1. The van der Waals surface area contributed by atoms with Gasteiger partial charge in [-0.25, -0.2) is 14.2 Å². The first-order valence-corrected chi connectivity index (χ1v) is 33.0. The second kappa shape index (κ2) is 26.6. The third-order valence-electron chi connectivity index (χ3n) is 18.0. The van der Waals surface area contributed by atoms with Crippen LogP contribution in [0.25, 0.3) is 56.5 Å². The van der Waals surface area contributed by atoms with Crippen molar-refractivity contribution in [3.05, 3.63) is 117 Å². The molecule has 24 heteroatoms. The number of likely N-dealkylation sites (N-methyl/N-ethyl adjacent to an activating group) is 3. The minimum atomic E-state index is -4.02. The Kier molecular flexibility index (Phi) is 19.6. The highest BCUT2D eigenvalue weighted by molar-refractivity contribution is 7.88. The van der Waals surface area contributed by atoms with E-state index in [1.54, 1.807) is 72.6 Å². The standard InChI is InChI=1S/C34H43N5O6S.C32H38N4O7S/c1-21(33(41)36(2)3)38(6)34(42)25-17-24-18-26(45-7)14-16-27(24)31-30(22-11-9-8-10-12-22)28-15-13-23(19-29(28)39(31)20-25)32(40)35-46(43,44)37(4)5;1-19(32(39)40)35(4)31(38)23-15-22-16-24(43-5)12-14-25(22)29-28(20-9-7-6-8-10-20)26-13-11-21(17-27(26)36(29)18-23)30(37)33-44(41,42)34(2)3/h13-19,21-22H,8-12,20H2,1-7H3,(H,35,40);11-17,19-20H,6-10,18H2,1-5H3,(H,33,37)(H,39,40)/t21-;19-/m11/s1. The Labute approximate surface area is 526 Å². The Morgan fingerprint density at radius 1 is 0.533 bits per heavy atom. The summed E-state index contributed by atoms with van der Waals surface area (Å²) in [6.07, 6.45) is 14.4. The lowest BCUT2D eigenvalue weighted by atomic mass is 9.81. The number of carboxylic acid groups (broad SMARTS) is 1. The number of aliphatic carboxylic acids is 1. The van der Waals surface area contributed by atoms with Gasteiger partial charge >= 0.3 is 26.4 Å². The second-order valence-electron chi connectivity index (χ2n) is 24.3. The molecule has 4 aromatic carbocycles. The van der Waals surface area contributed by atoms with Crippen LogP contribution < -0.4 is 18.9 Å². The van der Waals surface area contributed by atoms with E-state index in [1.165, 1.54) is 68.8 Å². The van der Waals surface area contributed by atoms with Gasteiger partial charge in [-0.05, 0) is 146 Å². The topological polar surface area (TPSA) is 260 Å². The molecular formula is C66H81N9O13S2. The molecule has 5 amide bonds. The smallest absolute Gasteiger partial charge is 0.326 e. The van der Waals surface area contributed by atoms with Crippen molar-refractivity contribution in [2.45, 2.75) is 115 Å². The molecule has 0 bridgehead atoms. The summed E-state index contributed by atoms with van der Waals surface area (Å²) < 4.78 is 71.1. The Hall–Kier alpha value is -8.32. The summed E-state index contributed by atoms with van der Waals surface area (Å²) >= 11 is 0. The van der Waals surface area contributed by atoms with Crippen LogP contribution >= 0.6 is 0 Å². The van der Waals surface area contributed by atoms with Crippen molar-refractivity contribution in [3.63, 3.8) is 0 Å². The fourth-order valence-electron chi connectivity index (χ4n) is 12.7. The van der Waals surface area contributed by atoms with Crippen LogP contribution in [0.4, 0.5) is 0 Å². The number of rotatable bonds is 16. The first kappa shape index (κ1) is 66.1. The van der Waals surface area contributed by atoms with Gasteiger partial charge in [0.25, 0.3) is 23.6 Å². The average molecular weight is 1270 g/mol. The number of ether oxygens (including phenoxy) is 2. The summed E-state index contributed by atoms with van der Waals surface area (Å²) in [5.41, 5.74) is 10.2. The summed E-state index contributed by atoms with van der Waals surface area (Å²) in [5, 5.41) is 11.5. The Bertz CT molecular complexity index is 4150. The van der Waals surface area contributed by atoms with Crippen LogP contribution in [-0.2, 0) is 52.7 Å². The molecule has 4 heterocycles. The van der Waals surface area contributed by atoms with E-state index in [2.05, 4.69) is 14.0 Å². The molecule has 22 nitrogen and oxygen atoms in total. The number of hydrogen-bond acceptors (Lipinski definition) is 12. The maximum atomic E-state index is 14.1. The van der Waals surface area contributed by atoms with Gasteiger partial charge in [0.1, 0.15) is 23.6 Å². The number of nitrogens with zero attached hydrogens (tertiary/aromatic N) is 7. The predicted octanol–water partition coefficient (Wildman–Crippen LogP) is 8.46. The van der Waals surface area contributed by atoms with Crippen molar-refractivity contribution in [2.75, 3.05) is 70.6 Å². The normalized spacial score (nSPS) is 15.9. The highest BCUT2D eigenvalue weighted by Gasteiger charge is 2.36. The van der Waals surface area contributed by atoms with Crippen LogP contribution in [0.3, 0.4) is 0 Å². The molecule has 6 aromatic rings. The molecule has 2 aliphatic heterocycles. The highest BCUT2D eigenvalue weighted by atomic mass is 32.2. The van der Waals surface area contributed by atoms with E-state index in [-0.39, 0.29) is 47.9 Å². The zero-order valence-corrected chi connectivity index (χ0v) is 54.8. The molecule has 480 valence electrons. The predicted molar refractivity (Wildman–Crippen MR) is 346 cm³/mol. The third-order valence-corrected chi connectivity index (χ3v) is 20.8. The molecule has 0 unspecified atom stereocenters. The maximum Gasteiger partial charge on any atom is 0.326 e. The average Bonchev–Trinajstić information content (AvgIpc) is 1.59.